The number of aliphatic imine (C=N–C) groups is 1. The molecule has 1 unspecified atom stereocenters. The molecule has 0 spiro atoms. The van der Waals surface area contributed by atoms with Crippen molar-refractivity contribution in [3.63, 3.8) is 0 Å². The summed E-state index contributed by atoms with van der Waals surface area (Å²) >= 11 is 6.49. The summed E-state index contributed by atoms with van der Waals surface area (Å²) in [5.74, 6) is 0.886. The van der Waals surface area contributed by atoms with Gasteiger partial charge in [0.2, 0.25) is 0 Å². The molecule has 5 nitrogen and oxygen atoms in total. The maximum atomic E-state index is 6.49. The smallest absolute Gasteiger partial charge is 0.191 e. The van der Waals surface area contributed by atoms with Gasteiger partial charge < -0.3 is 15.4 Å². The Hall–Kier alpha value is -0.570. The molecule has 0 amide bonds. The van der Waals surface area contributed by atoms with Gasteiger partial charge in [0.15, 0.2) is 5.96 Å². The van der Waals surface area contributed by atoms with Crippen LogP contribution in [-0.2, 0) is 4.74 Å². The fourth-order valence-corrected chi connectivity index (χ4v) is 3.98. The number of hydrogen-bond acceptors (Lipinski definition) is 3. The highest BCUT2D eigenvalue weighted by atomic mass is 127. The van der Waals surface area contributed by atoms with Crippen molar-refractivity contribution < 1.29 is 4.74 Å². The summed E-state index contributed by atoms with van der Waals surface area (Å²) < 4.78 is 5.52. The molecule has 2 aliphatic rings. The van der Waals surface area contributed by atoms with Gasteiger partial charge in [-0.25, -0.2) is 0 Å². The van der Waals surface area contributed by atoms with E-state index in [0.717, 1.165) is 49.4 Å². The molecule has 1 aliphatic carbocycles. The Morgan fingerprint density at radius 1 is 1.27 bits per heavy atom. The Labute approximate surface area is 178 Å². The Balaban J connectivity index is 0.00000243. The maximum Gasteiger partial charge on any atom is 0.191 e. The Morgan fingerprint density at radius 3 is 2.62 bits per heavy atom. The number of benzene rings is 1. The molecule has 2 N–H and O–H groups in total. The average Bonchev–Trinajstić information content (AvgIpc) is 3.16. The summed E-state index contributed by atoms with van der Waals surface area (Å²) in [5.41, 5.74) is 1.16. The molecule has 146 valence electrons. The molecule has 1 aromatic carbocycles. The molecule has 26 heavy (non-hydrogen) atoms. The van der Waals surface area contributed by atoms with Gasteiger partial charge in [0, 0.05) is 37.7 Å². The number of ether oxygens (including phenoxy) is 1. The van der Waals surface area contributed by atoms with Crippen LogP contribution >= 0.6 is 35.6 Å². The first-order valence-corrected chi connectivity index (χ1v) is 9.69. The van der Waals surface area contributed by atoms with E-state index in [1.807, 2.05) is 19.2 Å². The minimum absolute atomic E-state index is 0. The van der Waals surface area contributed by atoms with E-state index in [9.17, 15) is 0 Å². The number of rotatable bonds is 5. The van der Waals surface area contributed by atoms with Crippen LogP contribution in [0.25, 0.3) is 0 Å². The highest BCUT2D eigenvalue weighted by Crippen LogP contribution is 2.27. The van der Waals surface area contributed by atoms with Crippen molar-refractivity contribution in [2.75, 3.05) is 39.9 Å². The third-order valence-corrected chi connectivity index (χ3v) is 5.48. The highest BCUT2D eigenvalue weighted by Gasteiger charge is 2.25. The summed E-state index contributed by atoms with van der Waals surface area (Å²) in [6.45, 7) is 4.17. The van der Waals surface area contributed by atoms with Gasteiger partial charge in [0.05, 0.1) is 19.3 Å². The lowest BCUT2D eigenvalue weighted by atomic mass is 10.0. The van der Waals surface area contributed by atoms with E-state index in [4.69, 9.17) is 16.3 Å². The molecule has 2 fully saturated rings. The first-order chi connectivity index (χ1) is 12.3. The second-order valence-electron chi connectivity index (χ2n) is 6.76. The first-order valence-electron chi connectivity index (χ1n) is 9.31. The Kier molecular flexibility index (Phi) is 9.45. The molecule has 7 heteroatoms. The minimum atomic E-state index is 0. The van der Waals surface area contributed by atoms with Gasteiger partial charge in [-0.05, 0) is 24.5 Å². The van der Waals surface area contributed by atoms with Crippen molar-refractivity contribution in [2.45, 2.75) is 37.8 Å². The predicted molar refractivity (Wildman–Crippen MR) is 119 cm³/mol. The summed E-state index contributed by atoms with van der Waals surface area (Å²) in [5, 5.41) is 7.89. The van der Waals surface area contributed by atoms with Crippen molar-refractivity contribution in [3.05, 3.63) is 34.9 Å². The largest absolute Gasteiger partial charge is 0.379 e. The van der Waals surface area contributed by atoms with Crippen LogP contribution in [0.1, 0.15) is 37.3 Å². The summed E-state index contributed by atoms with van der Waals surface area (Å²) in [4.78, 5) is 6.85. The van der Waals surface area contributed by atoms with E-state index in [1.54, 1.807) is 0 Å². The predicted octanol–water partition coefficient (Wildman–Crippen LogP) is 3.44. The van der Waals surface area contributed by atoms with E-state index in [0.29, 0.717) is 6.04 Å². The van der Waals surface area contributed by atoms with Crippen LogP contribution in [0.3, 0.4) is 0 Å². The molecule has 0 aromatic heterocycles. The summed E-state index contributed by atoms with van der Waals surface area (Å²) in [6.07, 6.45) is 5.09. The molecule has 1 saturated heterocycles. The van der Waals surface area contributed by atoms with Crippen LogP contribution in [0.15, 0.2) is 29.3 Å². The first kappa shape index (κ1) is 21.7. The quantitative estimate of drug-likeness (QED) is 0.376. The Bertz CT molecular complexity index is 574. The number of nitrogens with one attached hydrogen (secondary N) is 2. The zero-order chi connectivity index (χ0) is 17.5. The lowest BCUT2D eigenvalue weighted by Gasteiger charge is -2.35. The highest BCUT2D eigenvalue weighted by molar-refractivity contribution is 14.0. The van der Waals surface area contributed by atoms with E-state index in [1.165, 1.54) is 25.7 Å². The summed E-state index contributed by atoms with van der Waals surface area (Å²) in [7, 11) is 1.84. The van der Waals surface area contributed by atoms with Crippen molar-refractivity contribution in [3.8, 4) is 0 Å². The van der Waals surface area contributed by atoms with Crippen LogP contribution in [0.4, 0.5) is 0 Å². The Morgan fingerprint density at radius 2 is 1.96 bits per heavy atom. The molecule has 0 radical (unpaired) electrons. The maximum absolute atomic E-state index is 6.49. The van der Waals surface area contributed by atoms with Crippen LogP contribution < -0.4 is 10.6 Å². The van der Waals surface area contributed by atoms with Gasteiger partial charge in [-0.3, -0.25) is 9.89 Å². The molecule has 3 rings (SSSR count). The van der Waals surface area contributed by atoms with Gasteiger partial charge in [-0.15, -0.1) is 24.0 Å². The fraction of sp³-hybridized carbons (Fsp3) is 0.632. The number of nitrogens with zero attached hydrogens (tertiary/aromatic N) is 2. The number of guanidine groups is 1. The summed E-state index contributed by atoms with van der Waals surface area (Å²) in [6, 6.07) is 8.89. The SMILES string of the molecule is CN=C(NCC(c1ccccc1Cl)N1CCOCC1)NC1CCCC1.I. The lowest BCUT2D eigenvalue weighted by molar-refractivity contribution is 0.0170. The second-order valence-corrected chi connectivity index (χ2v) is 7.17. The molecular formula is C19H30ClIN4O. The van der Waals surface area contributed by atoms with Gasteiger partial charge in [0.1, 0.15) is 0 Å². The van der Waals surface area contributed by atoms with E-state index >= 15 is 0 Å². The van der Waals surface area contributed by atoms with Crippen LogP contribution in [0, 0.1) is 0 Å². The van der Waals surface area contributed by atoms with Crippen LogP contribution in [-0.4, -0.2) is 56.8 Å². The van der Waals surface area contributed by atoms with Crippen molar-refractivity contribution in [1.29, 1.82) is 0 Å². The monoisotopic (exact) mass is 492 g/mol. The van der Waals surface area contributed by atoms with Crippen LogP contribution in [0.5, 0.6) is 0 Å². The molecule has 1 aliphatic heterocycles. The van der Waals surface area contributed by atoms with Gasteiger partial charge in [-0.2, -0.15) is 0 Å². The second kappa shape index (κ2) is 11.3. The average molecular weight is 493 g/mol. The fourth-order valence-electron chi connectivity index (χ4n) is 3.72. The number of hydrogen-bond donors (Lipinski definition) is 2. The molecule has 1 saturated carbocycles. The lowest BCUT2D eigenvalue weighted by Crippen LogP contribution is -2.48. The van der Waals surface area contributed by atoms with Gasteiger partial charge in [-0.1, -0.05) is 42.6 Å². The third kappa shape index (κ3) is 5.97. The van der Waals surface area contributed by atoms with Crippen molar-refractivity contribution >= 4 is 41.5 Å². The number of halogens is 2. The van der Waals surface area contributed by atoms with E-state index < -0.39 is 0 Å². The minimum Gasteiger partial charge on any atom is -0.379 e. The van der Waals surface area contributed by atoms with Crippen molar-refractivity contribution in [2.24, 2.45) is 4.99 Å². The third-order valence-electron chi connectivity index (χ3n) is 5.13. The molecule has 1 atom stereocenters. The number of morpholine rings is 1. The standard InChI is InChI=1S/C19H29ClN4O.HI/c1-21-19(23-15-6-2-3-7-15)22-14-18(24-10-12-25-13-11-24)16-8-4-5-9-17(16)20;/h4-5,8-9,15,18H,2-3,6-7,10-14H2,1H3,(H2,21,22,23);1H. The van der Waals surface area contributed by atoms with Crippen molar-refractivity contribution in [1.82, 2.24) is 15.5 Å². The van der Waals surface area contributed by atoms with Crippen LogP contribution in [0.2, 0.25) is 5.02 Å². The zero-order valence-electron chi connectivity index (χ0n) is 15.4. The zero-order valence-corrected chi connectivity index (χ0v) is 18.5. The topological polar surface area (TPSA) is 48.9 Å². The van der Waals surface area contributed by atoms with E-state index in [2.05, 4.69) is 32.7 Å². The molecule has 1 heterocycles. The van der Waals surface area contributed by atoms with Gasteiger partial charge in [0.25, 0.3) is 0 Å². The van der Waals surface area contributed by atoms with Gasteiger partial charge >= 0.3 is 0 Å². The van der Waals surface area contributed by atoms with E-state index in [-0.39, 0.29) is 30.0 Å². The molecular weight excluding hydrogens is 463 g/mol. The molecule has 1 aromatic rings. The molecule has 0 bridgehead atoms. The normalized spacial score (nSPS) is 20.5.